The molecule has 2 aliphatic heterocycles. The molecule has 0 bridgehead atoms. The maximum absolute atomic E-state index is 14.8. The molecule has 2 aliphatic rings. The molecule has 6 N–H and O–H groups in total. The van der Waals surface area contributed by atoms with Crippen LogP contribution in [0.1, 0.15) is 89.9 Å². The maximum atomic E-state index is 14.8. The van der Waals surface area contributed by atoms with Crippen molar-refractivity contribution >= 4 is 81.4 Å². The monoisotopic (exact) mass is 1170 g/mol. The van der Waals surface area contributed by atoms with Crippen LogP contribution in [0.2, 0.25) is 0 Å². The zero-order valence-electron chi connectivity index (χ0n) is 47.8. The Morgan fingerprint density at radius 1 is 0.807 bits per heavy atom. The van der Waals surface area contributed by atoms with Crippen molar-refractivity contribution < 1.29 is 57.2 Å². The second-order valence-electron chi connectivity index (χ2n) is 22.0. The number of thioether (sulfide) groups is 1. The first kappa shape index (κ1) is 60.3. The number of hydrogen-bond donors (Lipinski definition) is 5. The van der Waals surface area contributed by atoms with Gasteiger partial charge < -0.3 is 45.5 Å². The molecule has 0 saturated carbocycles. The number of aromatic nitrogens is 4. The third-order valence-electron chi connectivity index (χ3n) is 13.1. The number of alkyl carbamates (subject to hydrolysis) is 1. The van der Waals surface area contributed by atoms with Crippen LogP contribution in [-0.4, -0.2) is 102 Å². The van der Waals surface area contributed by atoms with Gasteiger partial charge in [-0.3, -0.25) is 19.8 Å². The van der Waals surface area contributed by atoms with Crippen molar-refractivity contribution in [1.29, 1.82) is 0 Å². The molecule has 436 valence electrons. The molecule has 8 rings (SSSR count). The second-order valence-corrected chi connectivity index (χ2v) is 23.9. The number of ketones is 1. The summed E-state index contributed by atoms with van der Waals surface area (Å²) in [6.45, 7) is 12.7. The molecule has 4 amide bonds. The van der Waals surface area contributed by atoms with E-state index >= 15 is 0 Å². The molecule has 2 unspecified atom stereocenters. The largest absolute Gasteiger partial charge is 0.497 e. The number of nitrogen functional groups attached to an aromatic ring is 1. The van der Waals surface area contributed by atoms with Crippen LogP contribution in [0.4, 0.5) is 26.2 Å². The number of oxime groups is 1. The smallest absolute Gasteiger partial charge is 0.409 e. The summed E-state index contributed by atoms with van der Waals surface area (Å²) in [6.07, 6.45) is 0.574. The van der Waals surface area contributed by atoms with Crippen LogP contribution in [0.15, 0.2) is 138 Å². The Hall–Kier alpha value is -8.77. The average molecular weight is 1170 g/mol. The van der Waals surface area contributed by atoms with Gasteiger partial charge in [0.25, 0.3) is 0 Å². The number of nitrogens with zero attached hydrogens (tertiary/aromatic N) is 6. The third-order valence-corrected chi connectivity index (χ3v) is 15.0. The number of ether oxygens (including phenoxy) is 4. The van der Waals surface area contributed by atoms with Crippen molar-refractivity contribution in [3.8, 4) is 5.75 Å². The number of Topliss-reactive ketones (excluding diaryl/α,β-unsaturated/α-hetero) is 1. The van der Waals surface area contributed by atoms with E-state index in [1.165, 1.54) is 30.5 Å². The van der Waals surface area contributed by atoms with Crippen molar-refractivity contribution in [2.24, 2.45) is 18.1 Å². The molecule has 6 aromatic rings. The number of benzene rings is 4. The molecule has 1 fully saturated rings. The summed E-state index contributed by atoms with van der Waals surface area (Å²) in [5.41, 5.74) is 5.23. The van der Waals surface area contributed by atoms with Crippen LogP contribution in [0.5, 0.6) is 5.75 Å². The number of esters is 2. The number of methoxy groups -OCH3 is 1. The number of urea groups is 1. The average Bonchev–Trinajstić information content (AvgIpc) is 3.01. The Kier molecular flexibility index (Phi) is 18.3. The fourth-order valence-corrected chi connectivity index (χ4v) is 11.0. The molecule has 83 heavy (non-hydrogen) atoms. The van der Waals surface area contributed by atoms with Gasteiger partial charge in [0, 0.05) is 29.3 Å². The molecule has 4 aromatic carbocycles. The van der Waals surface area contributed by atoms with Gasteiger partial charge in [0.15, 0.2) is 34.7 Å². The summed E-state index contributed by atoms with van der Waals surface area (Å²) < 4.78 is 30.0. The Labute approximate surface area is 489 Å². The van der Waals surface area contributed by atoms with E-state index in [9.17, 15) is 28.8 Å². The number of carbonyl (C=O) groups excluding carboxylic acids is 6. The number of fused-ring (bicyclic) bond motifs is 1. The van der Waals surface area contributed by atoms with Gasteiger partial charge in [0.05, 0.1) is 32.1 Å². The number of nitrogens with one attached hydrogen (secondary N) is 4. The first-order valence-corrected chi connectivity index (χ1v) is 28.3. The first-order chi connectivity index (χ1) is 39.4. The Morgan fingerprint density at radius 2 is 1.40 bits per heavy atom. The fourth-order valence-electron chi connectivity index (χ4n) is 9.13. The zero-order chi connectivity index (χ0) is 59.9. The number of anilines is 3. The SMILES string of the molecule is COc1ccc(COC(=O)C2=C(C[n+]3cc(NC(=O)NCNC(=O)OC(C)(C)C)c(NC(c4ccccc4)(c4ccccc4)c4ccccc4)n3C)CSC3C(CC(=O)/C(=N\OC(C)(C)C(=O)OC(C)(C)C)c4nsc(N)n4)C(=O)N23)cc1. The lowest BCUT2D eigenvalue weighted by Crippen LogP contribution is -2.62. The Morgan fingerprint density at radius 3 is 1.94 bits per heavy atom. The van der Waals surface area contributed by atoms with Crippen LogP contribution >= 0.6 is 23.3 Å². The van der Waals surface area contributed by atoms with Gasteiger partial charge in [-0.1, -0.05) is 108 Å². The highest BCUT2D eigenvalue weighted by Gasteiger charge is 2.55. The van der Waals surface area contributed by atoms with E-state index in [1.54, 1.807) is 95.5 Å². The molecule has 22 nitrogen and oxygen atoms in total. The minimum Gasteiger partial charge on any atom is -0.497 e. The predicted molar refractivity (Wildman–Crippen MR) is 313 cm³/mol. The van der Waals surface area contributed by atoms with Crippen molar-refractivity contribution in [2.75, 3.05) is 35.9 Å². The normalized spacial score (nSPS) is 15.5. The van der Waals surface area contributed by atoms with Crippen LogP contribution in [-0.2, 0) is 64.0 Å². The van der Waals surface area contributed by atoms with Crippen LogP contribution in [0.25, 0.3) is 0 Å². The number of β-lactam (4-membered cyclic amide) rings is 1. The molecule has 0 spiro atoms. The topological polar surface area (TPSA) is 273 Å². The van der Waals surface area contributed by atoms with Gasteiger partial charge >= 0.3 is 24.1 Å². The van der Waals surface area contributed by atoms with Gasteiger partial charge in [-0.05, 0) is 89.8 Å². The van der Waals surface area contributed by atoms with E-state index in [4.69, 9.17) is 29.5 Å². The highest BCUT2D eigenvalue weighted by molar-refractivity contribution is 8.00. The van der Waals surface area contributed by atoms with Crippen LogP contribution < -0.4 is 36.4 Å². The minimum absolute atomic E-state index is 0.0117. The van der Waals surface area contributed by atoms with E-state index in [0.717, 1.165) is 28.2 Å². The summed E-state index contributed by atoms with van der Waals surface area (Å²) >= 11 is 2.16. The zero-order valence-corrected chi connectivity index (χ0v) is 49.4. The lowest BCUT2D eigenvalue weighted by atomic mass is 9.77. The van der Waals surface area contributed by atoms with Gasteiger partial charge in [-0.2, -0.15) is 9.36 Å². The van der Waals surface area contributed by atoms with Crippen LogP contribution in [0, 0.1) is 5.92 Å². The number of hydrogen-bond acceptors (Lipinski definition) is 18. The molecule has 1 saturated heterocycles. The molecule has 2 aromatic heterocycles. The molecule has 0 radical (unpaired) electrons. The highest BCUT2D eigenvalue weighted by atomic mass is 32.2. The second kappa shape index (κ2) is 25.2. The summed E-state index contributed by atoms with van der Waals surface area (Å²) in [5, 5.41) is 15.5. The number of rotatable bonds is 21. The predicted octanol–water partition coefficient (Wildman–Crippen LogP) is 7.79. The Bertz CT molecular complexity index is 3310. The molecule has 2 atom stereocenters. The van der Waals surface area contributed by atoms with E-state index in [2.05, 4.69) is 35.8 Å². The van der Waals surface area contributed by atoms with Crippen molar-refractivity contribution in [1.82, 2.24) is 29.6 Å². The number of amides is 4. The van der Waals surface area contributed by atoms with E-state index in [0.29, 0.717) is 28.4 Å². The van der Waals surface area contributed by atoms with Crippen molar-refractivity contribution in [2.45, 2.75) is 103 Å². The standard InChI is InChI=1S/C59H67N11O11S2/c1-56(2,3)79-52(74)58(7,8)81-66-45(47-64-53(60)83-67-47)44(71)30-42-49(72)70-46(51(73)78-33-36-26-28-41(77-10)29-27-36)37(34-82-50(42)70)31-69-32-43(63-54(75)61-35-62-55(76)80-57(4,5)6)48(68(69)9)65-59(38-20-14-11-15-21-38,39-22-16-12-17-23-39)40-24-18-13-19-25-40/h11-29,32,42,50H,30-31,33-35H2,1-10H3,(H5,60,61,62,63,64,67,75,76)/p+1/b66-45+. The molecule has 0 aliphatic carbocycles. The third kappa shape index (κ3) is 14.3. The van der Waals surface area contributed by atoms with E-state index < -0.39 is 75.8 Å². The lowest BCUT2D eigenvalue weighted by Gasteiger charge is -2.49. The summed E-state index contributed by atoms with van der Waals surface area (Å²) in [7, 11) is 3.34. The molecular formula is C59H68N11O11S2+. The minimum atomic E-state index is -1.66. The van der Waals surface area contributed by atoms with Crippen molar-refractivity contribution in [3.63, 3.8) is 0 Å². The van der Waals surface area contributed by atoms with Gasteiger partial charge in [-0.25, -0.2) is 19.2 Å². The van der Waals surface area contributed by atoms with E-state index in [-0.39, 0.29) is 47.9 Å². The summed E-state index contributed by atoms with van der Waals surface area (Å²) in [4.78, 5) is 94.6. The fraction of sp³-hybridized carbons (Fsp3) is 0.356. The number of carbonyl (C=O) groups is 6. The maximum Gasteiger partial charge on any atom is 0.409 e. The van der Waals surface area contributed by atoms with Gasteiger partial charge in [0.1, 0.15) is 34.8 Å². The Balaban J connectivity index is 1.17. The van der Waals surface area contributed by atoms with E-state index in [1.807, 2.05) is 91.0 Å². The summed E-state index contributed by atoms with van der Waals surface area (Å²) in [6, 6.07) is 35.9. The van der Waals surface area contributed by atoms with Crippen molar-refractivity contribution in [3.05, 3.63) is 161 Å². The highest BCUT2D eigenvalue weighted by Crippen LogP contribution is 2.46. The first-order valence-electron chi connectivity index (χ1n) is 26.5. The molecule has 4 heterocycles. The summed E-state index contributed by atoms with van der Waals surface area (Å²) in [5.74, 6) is -2.65. The van der Waals surface area contributed by atoms with Gasteiger partial charge in [0.2, 0.25) is 23.5 Å². The number of nitrogens with two attached hydrogens (primary N) is 1. The van der Waals surface area contributed by atoms with Gasteiger partial charge in [-0.15, -0.1) is 21.1 Å². The molecule has 24 heteroatoms. The lowest BCUT2D eigenvalue weighted by molar-refractivity contribution is -0.765. The van der Waals surface area contributed by atoms with Crippen LogP contribution in [0.3, 0.4) is 0 Å². The molecular weight excluding hydrogens is 1100 g/mol. The quantitative estimate of drug-likeness (QED) is 0.00672.